The van der Waals surface area contributed by atoms with Crippen molar-refractivity contribution in [1.29, 1.82) is 0 Å². The number of ether oxygens (including phenoxy) is 1. The highest BCUT2D eigenvalue weighted by atomic mass is 19.1. The van der Waals surface area contributed by atoms with Gasteiger partial charge in [-0.25, -0.2) is 4.39 Å². The molecular formula is C12H12FN3O. The molecule has 1 atom stereocenters. The number of hydrogen-bond acceptors (Lipinski definition) is 3. The Hall–Kier alpha value is -1.75. The summed E-state index contributed by atoms with van der Waals surface area (Å²) in [5, 5.41) is 7.67. The molecule has 1 aromatic heterocycles. The minimum Gasteiger partial charge on any atom is -0.380 e. The molecule has 2 aromatic rings. The van der Waals surface area contributed by atoms with Crippen LogP contribution in [0.1, 0.15) is 12.0 Å². The highest BCUT2D eigenvalue weighted by molar-refractivity contribution is 5.32. The average molecular weight is 233 g/mol. The molecule has 1 saturated heterocycles. The molecule has 0 bridgehead atoms. The number of rotatable bonds is 3. The van der Waals surface area contributed by atoms with Gasteiger partial charge in [-0.2, -0.15) is 0 Å². The SMILES string of the molecule is F[C@@H](c1nncn1-c1ccccc1)C1COC1. The summed E-state index contributed by atoms with van der Waals surface area (Å²) in [7, 11) is 0. The molecule has 1 fully saturated rings. The van der Waals surface area contributed by atoms with Gasteiger partial charge in [-0.1, -0.05) is 18.2 Å². The molecule has 1 aliphatic rings. The number of hydrogen-bond donors (Lipinski definition) is 0. The topological polar surface area (TPSA) is 39.9 Å². The summed E-state index contributed by atoms with van der Waals surface area (Å²) in [5.41, 5.74) is 0.871. The Bertz CT molecular complexity index is 495. The van der Waals surface area contributed by atoms with E-state index >= 15 is 0 Å². The quantitative estimate of drug-likeness (QED) is 0.813. The standard InChI is InChI=1S/C12H12FN3O/c13-11(9-6-17-7-9)12-15-14-8-16(12)10-4-2-1-3-5-10/h1-5,8-9,11H,6-7H2/t11-/m1/s1. The predicted octanol–water partition coefficient (Wildman–Crippen LogP) is 1.92. The fourth-order valence-electron chi connectivity index (χ4n) is 1.85. The van der Waals surface area contributed by atoms with Crippen molar-refractivity contribution < 1.29 is 9.13 Å². The maximum Gasteiger partial charge on any atom is 0.172 e. The van der Waals surface area contributed by atoms with Gasteiger partial charge in [0.15, 0.2) is 12.0 Å². The van der Waals surface area contributed by atoms with E-state index in [1.165, 1.54) is 6.33 Å². The van der Waals surface area contributed by atoms with E-state index < -0.39 is 6.17 Å². The van der Waals surface area contributed by atoms with E-state index in [0.717, 1.165) is 5.69 Å². The van der Waals surface area contributed by atoms with Crippen molar-refractivity contribution in [2.45, 2.75) is 6.17 Å². The fourth-order valence-corrected chi connectivity index (χ4v) is 1.85. The minimum absolute atomic E-state index is 0.0957. The van der Waals surface area contributed by atoms with Crippen LogP contribution in [0, 0.1) is 5.92 Å². The summed E-state index contributed by atoms with van der Waals surface area (Å²) >= 11 is 0. The van der Waals surface area contributed by atoms with Crippen LogP contribution in [0.15, 0.2) is 36.7 Å². The van der Waals surface area contributed by atoms with E-state index in [1.807, 2.05) is 30.3 Å². The number of nitrogens with zero attached hydrogens (tertiary/aromatic N) is 3. The zero-order chi connectivity index (χ0) is 11.7. The highest BCUT2D eigenvalue weighted by Crippen LogP contribution is 2.31. The normalized spacial score (nSPS) is 17.7. The maximum absolute atomic E-state index is 14.2. The van der Waals surface area contributed by atoms with Crippen LogP contribution in [-0.2, 0) is 4.74 Å². The minimum atomic E-state index is -1.12. The van der Waals surface area contributed by atoms with Crippen LogP contribution in [-0.4, -0.2) is 28.0 Å². The van der Waals surface area contributed by atoms with E-state index in [9.17, 15) is 4.39 Å². The van der Waals surface area contributed by atoms with Crippen LogP contribution in [0.2, 0.25) is 0 Å². The van der Waals surface area contributed by atoms with Gasteiger partial charge in [0.2, 0.25) is 0 Å². The van der Waals surface area contributed by atoms with Gasteiger partial charge in [0, 0.05) is 11.6 Å². The Labute approximate surface area is 98.0 Å². The molecule has 0 N–H and O–H groups in total. The van der Waals surface area contributed by atoms with Crippen molar-refractivity contribution in [2.75, 3.05) is 13.2 Å². The molecule has 0 radical (unpaired) electrons. The van der Waals surface area contributed by atoms with E-state index in [4.69, 9.17) is 4.74 Å². The molecule has 2 heterocycles. The Morgan fingerprint density at radius 3 is 2.71 bits per heavy atom. The largest absolute Gasteiger partial charge is 0.380 e. The summed E-state index contributed by atoms with van der Waals surface area (Å²) in [4.78, 5) is 0. The molecule has 0 spiro atoms. The van der Waals surface area contributed by atoms with Crippen molar-refractivity contribution in [1.82, 2.24) is 14.8 Å². The first kappa shape index (κ1) is 10.4. The molecule has 0 aliphatic carbocycles. The number of benzene rings is 1. The third-order valence-electron chi connectivity index (χ3n) is 2.93. The summed E-state index contributed by atoms with van der Waals surface area (Å²) in [6.45, 7) is 0.922. The second-order valence-electron chi connectivity index (χ2n) is 4.09. The van der Waals surface area contributed by atoms with E-state index in [2.05, 4.69) is 10.2 Å². The molecule has 0 unspecified atom stereocenters. The van der Waals surface area contributed by atoms with E-state index in [0.29, 0.717) is 19.0 Å². The Kier molecular flexibility index (Phi) is 2.60. The Morgan fingerprint density at radius 1 is 1.29 bits per heavy atom. The number of para-hydroxylation sites is 1. The summed E-state index contributed by atoms with van der Waals surface area (Å²) in [5.74, 6) is 0.256. The van der Waals surface area contributed by atoms with Crippen LogP contribution in [0.4, 0.5) is 4.39 Å². The zero-order valence-corrected chi connectivity index (χ0v) is 9.16. The van der Waals surface area contributed by atoms with Crippen molar-refractivity contribution >= 4 is 0 Å². The first-order chi connectivity index (χ1) is 8.36. The molecule has 0 saturated carbocycles. The first-order valence-corrected chi connectivity index (χ1v) is 5.53. The molecule has 0 amide bonds. The Balaban J connectivity index is 1.93. The smallest absolute Gasteiger partial charge is 0.172 e. The van der Waals surface area contributed by atoms with Gasteiger partial charge in [-0.3, -0.25) is 4.57 Å². The van der Waals surface area contributed by atoms with Crippen LogP contribution in [0.3, 0.4) is 0 Å². The van der Waals surface area contributed by atoms with Gasteiger partial charge in [-0.15, -0.1) is 10.2 Å². The Morgan fingerprint density at radius 2 is 2.06 bits per heavy atom. The first-order valence-electron chi connectivity index (χ1n) is 5.53. The van der Waals surface area contributed by atoms with Gasteiger partial charge in [0.25, 0.3) is 0 Å². The average Bonchev–Trinajstić information content (AvgIpc) is 2.76. The summed E-state index contributed by atoms with van der Waals surface area (Å²) in [6.07, 6.45) is 0.419. The number of halogens is 1. The van der Waals surface area contributed by atoms with Gasteiger partial charge >= 0.3 is 0 Å². The summed E-state index contributed by atoms with van der Waals surface area (Å²) < 4.78 is 20.8. The fraction of sp³-hybridized carbons (Fsp3) is 0.333. The molecule has 1 aromatic carbocycles. The van der Waals surface area contributed by atoms with E-state index in [1.54, 1.807) is 4.57 Å². The van der Waals surface area contributed by atoms with Gasteiger partial charge in [0.1, 0.15) is 6.33 Å². The molecular weight excluding hydrogens is 221 g/mol. The molecule has 5 heteroatoms. The van der Waals surface area contributed by atoms with Gasteiger partial charge in [0.05, 0.1) is 13.2 Å². The predicted molar refractivity (Wildman–Crippen MR) is 59.5 cm³/mol. The molecule has 4 nitrogen and oxygen atoms in total. The van der Waals surface area contributed by atoms with Crippen LogP contribution in [0.5, 0.6) is 0 Å². The third kappa shape index (κ3) is 1.82. The van der Waals surface area contributed by atoms with Gasteiger partial charge < -0.3 is 4.74 Å². The summed E-state index contributed by atoms with van der Waals surface area (Å²) in [6, 6.07) is 9.52. The van der Waals surface area contributed by atoms with Crippen LogP contribution >= 0.6 is 0 Å². The lowest BCUT2D eigenvalue weighted by Crippen LogP contribution is -2.32. The number of alkyl halides is 1. The van der Waals surface area contributed by atoms with Crippen LogP contribution in [0.25, 0.3) is 5.69 Å². The highest BCUT2D eigenvalue weighted by Gasteiger charge is 2.33. The lowest BCUT2D eigenvalue weighted by Gasteiger charge is -2.28. The molecule has 88 valence electrons. The molecule has 1 aliphatic heterocycles. The number of aromatic nitrogens is 3. The van der Waals surface area contributed by atoms with Crippen LogP contribution < -0.4 is 0 Å². The maximum atomic E-state index is 14.2. The second kappa shape index (κ2) is 4.25. The van der Waals surface area contributed by atoms with Crippen molar-refractivity contribution in [3.05, 3.63) is 42.5 Å². The molecule has 17 heavy (non-hydrogen) atoms. The second-order valence-corrected chi connectivity index (χ2v) is 4.09. The molecule has 3 rings (SSSR count). The lowest BCUT2D eigenvalue weighted by atomic mass is 10.0. The van der Waals surface area contributed by atoms with Crippen molar-refractivity contribution in [2.24, 2.45) is 5.92 Å². The van der Waals surface area contributed by atoms with Gasteiger partial charge in [-0.05, 0) is 12.1 Å². The monoisotopic (exact) mass is 233 g/mol. The third-order valence-corrected chi connectivity index (χ3v) is 2.93. The zero-order valence-electron chi connectivity index (χ0n) is 9.16. The van der Waals surface area contributed by atoms with E-state index in [-0.39, 0.29) is 5.92 Å². The van der Waals surface area contributed by atoms with Crippen molar-refractivity contribution in [3.8, 4) is 5.69 Å². The van der Waals surface area contributed by atoms with Crippen molar-refractivity contribution in [3.63, 3.8) is 0 Å². The lowest BCUT2D eigenvalue weighted by molar-refractivity contribution is -0.0715.